The van der Waals surface area contributed by atoms with Gasteiger partial charge in [-0.15, -0.1) is 0 Å². The fourth-order valence-corrected chi connectivity index (χ4v) is 4.94. The number of allylic oxidation sites excluding steroid dienone is 1. The molecular formula is C24H25N3O2. The maximum Gasteiger partial charge on any atom is 0.259 e. The molecule has 0 unspecified atom stereocenters. The Morgan fingerprint density at radius 2 is 1.55 bits per heavy atom. The molecule has 1 amide bonds. The lowest BCUT2D eigenvalue weighted by Gasteiger charge is -2.37. The second-order valence-electron chi connectivity index (χ2n) is 9.28. The standard InChI is InChI=1S/C24H25N3O2/c1-13-9-17-18(10-14(13)2)27-24(15-7-5-6-8-16(15)26-22(24)29)21-19(25-17)11-23(3,4)12-20(21)28/h5-10,25,27H,11-12H2,1-4H3,(H,26,29)/t24-/m1/s1. The van der Waals surface area contributed by atoms with E-state index in [1.807, 2.05) is 24.3 Å². The largest absolute Gasteiger partial charge is 0.362 e. The minimum atomic E-state index is -1.22. The predicted octanol–water partition coefficient (Wildman–Crippen LogP) is 4.63. The molecule has 2 aromatic carbocycles. The second kappa shape index (κ2) is 5.72. The van der Waals surface area contributed by atoms with Crippen molar-refractivity contribution in [1.82, 2.24) is 0 Å². The molecule has 1 aliphatic carbocycles. The van der Waals surface area contributed by atoms with Crippen LogP contribution in [0.2, 0.25) is 0 Å². The first kappa shape index (κ1) is 18.0. The normalized spacial score (nSPS) is 24.1. The van der Waals surface area contributed by atoms with Gasteiger partial charge < -0.3 is 16.0 Å². The van der Waals surface area contributed by atoms with Crippen molar-refractivity contribution in [1.29, 1.82) is 0 Å². The molecule has 5 rings (SSSR count). The van der Waals surface area contributed by atoms with Crippen LogP contribution in [0.1, 0.15) is 43.4 Å². The van der Waals surface area contributed by atoms with E-state index in [1.165, 1.54) is 0 Å². The Bertz CT molecular complexity index is 1130. The summed E-state index contributed by atoms with van der Waals surface area (Å²) >= 11 is 0. The number of rotatable bonds is 0. The van der Waals surface area contributed by atoms with Gasteiger partial charge in [-0.1, -0.05) is 32.0 Å². The van der Waals surface area contributed by atoms with Crippen molar-refractivity contribution in [3.05, 3.63) is 64.4 Å². The maximum atomic E-state index is 13.5. The summed E-state index contributed by atoms with van der Waals surface area (Å²) in [4.78, 5) is 27.0. The van der Waals surface area contributed by atoms with Gasteiger partial charge in [-0.3, -0.25) is 9.59 Å². The number of aryl methyl sites for hydroxylation is 2. The predicted molar refractivity (Wildman–Crippen MR) is 115 cm³/mol. The van der Waals surface area contributed by atoms with Crippen LogP contribution in [0.5, 0.6) is 0 Å². The molecule has 0 saturated heterocycles. The van der Waals surface area contributed by atoms with Crippen LogP contribution in [-0.2, 0) is 15.1 Å². The van der Waals surface area contributed by atoms with Gasteiger partial charge >= 0.3 is 0 Å². The van der Waals surface area contributed by atoms with Gasteiger partial charge in [-0.2, -0.15) is 0 Å². The first-order valence-corrected chi connectivity index (χ1v) is 10.1. The number of hydrogen-bond donors (Lipinski definition) is 3. The zero-order valence-corrected chi connectivity index (χ0v) is 17.2. The van der Waals surface area contributed by atoms with E-state index in [9.17, 15) is 9.59 Å². The molecule has 2 heterocycles. The second-order valence-corrected chi connectivity index (χ2v) is 9.28. The van der Waals surface area contributed by atoms with Crippen molar-refractivity contribution in [3.8, 4) is 0 Å². The van der Waals surface area contributed by atoms with E-state index >= 15 is 0 Å². The van der Waals surface area contributed by atoms with Crippen LogP contribution >= 0.6 is 0 Å². The summed E-state index contributed by atoms with van der Waals surface area (Å²) in [6.45, 7) is 8.33. The highest BCUT2D eigenvalue weighted by Crippen LogP contribution is 2.52. The molecule has 29 heavy (non-hydrogen) atoms. The molecule has 3 aliphatic rings. The van der Waals surface area contributed by atoms with Crippen molar-refractivity contribution in [2.75, 3.05) is 16.0 Å². The van der Waals surface area contributed by atoms with E-state index < -0.39 is 5.54 Å². The molecule has 2 aliphatic heterocycles. The topological polar surface area (TPSA) is 70.2 Å². The number of ketones is 1. The van der Waals surface area contributed by atoms with Crippen molar-refractivity contribution >= 4 is 28.8 Å². The Hall–Kier alpha value is -3.08. The van der Waals surface area contributed by atoms with Crippen LogP contribution in [0.3, 0.4) is 0 Å². The molecule has 5 heteroatoms. The van der Waals surface area contributed by atoms with E-state index in [0.717, 1.165) is 39.4 Å². The number of para-hydroxylation sites is 1. The maximum absolute atomic E-state index is 13.5. The van der Waals surface area contributed by atoms with Crippen LogP contribution in [0.25, 0.3) is 0 Å². The van der Waals surface area contributed by atoms with Crippen LogP contribution in [0.15, 0.2) is 47.7 Å². The average molecular weight is 387 g/mol. The zero-order valence-electron chi connectivity index (χ0n) is 17.2. The minimum absolute atomic E-state index is 0.0179. The number of carbonyl (C=O) groups is 2. The zero-order chi connectivity index (χ0) is 20.6. The van der Waals surface area contributed by atoms with Gasteiger partial charge in [0.25, 0.3) is 5.91 Å². The van der Waals surface area contributed by atoms with Crippen LogP contribution in [0.4, 0.5) is 17.1 Å². The Balaban J connectivity index is 1.84. The molecule has 0 fully saturated rings. The molecule has 3 N–H and O–H groups in total. The first-order valence-electron chi connectivity index (χ1n) is 10.1. The number of anilines is 3. The summed E-state index contributed by atoms with van der Waals surface area (Å²) in [5, 5.41) is 10.0. The number of Topliss-reactive ketones (excluding diaryl/α,β-unsaturated/α-hetero) is 1. The summed E-state index contributed by atoms with van der Waals surface area (Å²) in [6.07, 6.45) is 1.13. The lowest BCUT2D eigenvalue weighted by molar-refractivity contribution is -0.123. The molecule has 2 aromatic rings. The van der Waals surface area contributed by atoms with E-state index in [-0.39, 0.29) is 17.1 Å². The van der Waals surface area contributed by atoms with Crippen molar-refractivity contribution in [2.24, 2.45) is 5.41 Å². The Kier molecular flexibility index (Phi) is 3.55. The van der Waals surface area contributed by atoms with Gasteiger partial charge in [-0.05, 0) is 55.0 Å². The summed E-state index contributed by atoms with van der Waals surface area (Å²) in [5.41, 5.74) is 5.58. The van der Waals surface area contributed by atoms with Gasteiger partial charge in [0.05, 0.1) is 16.9 Å². The Morgan fingerprint density at radius 3 is 2.31 bits per heavy atom. The summed E-state index contributed by atoms with van der Waals surface area (Å²) in [5.74, 6) is -0.184. The first-order chi connectivity index (χ1) is 13.7. The molecule has 1 atom stereocenters. The molecular weight excluding hydrogens is 362 g/mol. The van der Waals surface area contributed by atoms with E-state index in [4.69, 9.17) is 0 Å². The van der Waals surface area contributed by atoms with Crippen LogP contribution in [0, 0.1) is 19.3 Å². The molecule has 0 saturated carbocycles. The van der Waals surface area contributed by atoms with Crippen LogP contribution in [-0.4, -0.2) is 11.7 Å². The molecule has 0 bridgehead atoms. The number of nitrogens with one attached hydrogen (secondary N) is 3. The smallest absolute Gasteiger partial charge is 0.259 e. The number of amides is 1. The SMILES string of the molecule is Cc1cc2c(cc1C)N[C@@]1(C(=O)Nc3ccccc31)C1=C(CC(C)(C)CC1=O)N2. The van der Waals surface area contributed by atoms with Crippen LogP contribution < -0.4 is 16.0 Å². The highest BCUT2D eigenvalue weighted by Gasteiger charge is 2.56. The van der Waals surface area contributed by atoms with E-state index in [2.05, 4.69) is 55.8 Å². The highest BCUT2D eigenvalue weighted by molar-refractivity contribution is 6.18. The van der Waals surface area contributed by atoms with E-state index in [0.29, 0.717) is 18.4 Å². The summed E-state index contributed by atoms with van der Waals surface area (Å²) in [7, 11) is 0. The van der Waals surface area contributed by atoms with Crippen molar-refractivity contribution in [2.45, 2.75) is 46.1 Å². The van der Waals surface area contributed by atoms with Gasteiger partial charge in [0.2, 0.25) is 0 Å². The van der Waals surface area contributed by atoms with Gasteiger partial charge in [-0.25, -0.2) is 0 Å². The molecule has 148 valence electrons. The average Bonchev–Trinajstić information content (AvgIpc) is 2.81. The minimum Gasteiger partial charge on any atom is -0.362 e. The van der Waals surface area contributed by atoms with Gasteiger partial charge in [0, 0.05) is 23.4 Å². The third kappa shape index (κ3) is 2.46. The lowest BCUT2D eigenvalue weighted by atomic mass is 9.69. The van der Waals surface area contributed by atoms with Crippen molar-refractivity contribution in [3.63, 3.8) is 0 Å². The molecule has 1 spiro atoms. The third-order valence-corrected chi connectivity index (χ3v) is 6.41. The lowest BCUT2D eigenvalue weighted by Crippen LogP contribution is -2.48. The Morgan fingerprint density at radius 1 is 0.862 bits per heavy atom. The van der Waals surface area contributed by atoms with Crippen molar-refractivity contribution < 1.29 is 9.59 Å². The highest BCUT2D eigenvalue weighted by atomic mass is 16.2. The molecule has 5 nitrogen and oxygen atoms in total. The number of carbonyl (C=O) groups excluding carboxylic acids is 2. The van der Waals surface area contributed by atoms with Gasteiger partial charge in [0.15, 0.2) is 11.3 Å². The summed E-state index contributed by atoms with van der Waals surface area (Å²) in [6, 6.07) is 11.8. The van der Waals surface area contributed by atoms with Gasteiger partial charge in [0.1, 0.15) is 0 Å². The molecule has 0 radical (unpaired) electrons. The quantitative estimate of drug-likeness (QED) is 0.616. The summed E-state index contributed by atoms with van der Waals surface area (Å²) < 4.78 is 0. The fourth-order valence-electron chi connectivity index (χ4n) is 4.94. The Labute approximate surface area is 170 Å². The number of hydrogen-bond acceptors (Lipinski definition) is 4. The third-order valence-electron chi connectivity index (χ3n) is 6.41. The van der Waals surface area contributed by atoms with E-state index in [1.54, 1.807) is 0 Å². The fraction of sp³-hybridized carbons (Fsp3) is 0.333. The number of benzene rings is 2. The monoisotopic (exact) mass is 387 g/mol. The number of fused-ring (bicyclic) bond motifs is 4. The molecule has 0 aromatic heterocycles.